The van der Waals surface area contributed by atoms with Gasteiger partial charge in [0.15, 0.2) is 0 Å². The van der Waals surface area contributed by atoms with Crippen LogP contribution in [-0.4, -0.2) is 37.6 Å². The molecular formula is C33H36O5. The fourth-order valence-electron chi connectivity index (χ4n) is 4.64. The Kier molecular flexibility index (Phi) is 11.0. The zero-order valence-corrected chi connectivity index (χ0v) is 21.9. The van der Waals surface area contributed by atoms with E-state index in [1.54, 1.807) is 13.4 Å². The molecule has 5 atom stereocenters. The van der Waals surface area contributed by atoms with Crippen LogP contribution in [0.2, 0.25) is 0 Å². The van der Waals surface area contributed by atoms with Crippen molar-refractivity contribution in [3.63, 3.8) is 0 Å². The first-order chi connectivity index (χ1) is 18.8. The largest absolute Gasteiger partial charge is 0.505 e. The molecule has 0 radical (unpaired) electrons. The zero-order chi connectivity index (χ0) is 26.4. The van der Waals surface area contributed by atoms with Crippen LogP contribution in [-0.2, 0) is 43.5 Å². The third kappa shape index (κ3) is 8.05. The number of terminal acetylenes is 1. The Balaban J connectivity index is 1.62. The van der Waals surface area contributed by atoms with E-state index in [-0.39, 0.29) is 12.2 Å². The maximum absolute atomic E-state index is 6.63. The van der Waals surface area contributed by atoms with Gasteiger partial charge in [-0.25, -0.2) is 0 Å². The van der Waals surface area contributed by atoms with E-state index in [0.717, 1.165) is 16.7 Å². The number of hydrogen-bond acceptors (Lipinski definition) is 5. The minimum atomic E-state index is -0.418. The van der Waals surface area contributed by atoms with Gasteiger partial charge in [-0.2, -0.15) is 0 Å². The van der Waals surface area contributed by atoms with Crippen LogP contribution in [0.5, 0.6) is 0 Å². The molecule has 1 heterocycles. The van der Waals surface area contributed by atoms with Gasteiger partial charge >= 0.3 is 0 Å². The Morgan fingerprint density at radius 2 is 1.13 bits per heavy atom. The molecule has 0 N–H and O–H groups in total. The maximum atomic E-state index is 6.63. The van der Waals surface area contributed by atoms with Crippen molar-refractivity contribution in [1.82, 2.24) is 0 Å². The molecule has 0 bridgehead atoms. The van der Waals surface area contributed by atoms with Gasteiger partial charge in [0.25, 0.3) is 0 Å². The Morgan fingerprint density at radius 1 is 0.684 bits per heavy atom. The van der Waals surface area contributed by atoms with Crippen LogP contribution in [0.15, 0.2) is 103 Å². The van der Waals surface area contributed by atoms with Crippen molar-refractivity contribution in [2.24, 2.45) is 0 Å². The molecule has 0 aromatic heterocycles. The van der Waals surface area contributed by atoms with Crippen molar-refractivity contribution in [2.45, 2.75) is 63.2 Å². The highest BCUT2D eigenvalue weighted by atomic mass is 16.6. The lowest BCUT2D eigenvalue weighted by atomic mass is 9.91. The van der Waals surface area contributed by atoms with Crippen molar-refractivity contribution in [3.8, 4) is 12.3 Å². The van der Waals surface area contributed by atoms with E-state index in [9.17, 15) is 0 Å². The lowest BCUT2D eigenvalue weighted by Crippen LogP contribution is -2.59. The van der Waals surface area contributed by atoms with Crippen molar-refractivity contribution in [2.75, 3.05) is 7.11 Å². The molecule has 198 valence electrons. The molecule has 0 amide bonds. The molecule has 1 fully saturated rings. The second kappa shape index (κ2) is 15.1. The van der Waals surface area contributed by atoms with Crippen LogP contribution in [0.1, 0.15) is 29.5 Å². The lowest BCUT2D eigenvalue weighted by Gasteiger charge is -2.46. The number of hydrogen-bond donors (Lipinski definition) is 0. The van der Waals surface area contributed by atoms with Gasteiger partial charge in [0.2, 0.25) is 0 Å². The fourth-order valence-corrected chi connectivity index (χ4v) is 4.64. The molecule has 1 saturated heterocycles. The van der Waals surface area contributed by atoms with Crippen molar-refractivity contribution in [3.05, 3.63) is 120 Å². The number of methoxy groups -OCH3 is 1. The molecule has 1 aliphatic rings. The van der Waals surface area contributed by atoms with Gasteiger partial charge in [-0.05, 0) is 29.2 Å². The molecule has 0 saturated carbocycles. The van der Waals surface area contributed by atoms with Crippen molar-refractivity contribution < 1.29 is 23.7 Å². The van der Waals surface area contributed by atoms with Crippen LogP contribution in [0.4, 0.5) is 0 Å². The van der Waals surface area contributed by atoms with Crippen LogP contribution < -0.4 is 0 Å². The van der Waals surface area contributed by atoms with Crippen LogP contribution >= 0.6 is 0 Å². The van der Waals surface area contributed by atoms with E-state index in [4.69, 9.17) is 30.1 Å². The second-order valence-electron chi connectivity index (χ2n) is 9.25. The van der Waals surface area contributed by atoms with Crippen molar-refractivity contribution in [1.29, 1.82) is 0 Å². The van der Waals surface area contributed by atoms with E-state index in [1.165, 1.54) is 0 Å². The highest BCUT2D eigenvalue weighted by Crippen LogP contribution is 2.33. The first kappa shape index (κ1) is 27.6. The minimum absolute atomic E-state index is 0.291. The smallest absolute Gasteiger partial charge is 0.115 e. The summed E-state index contributed by atoms with van der Waals surface area (Å²) in [6, 6.07) is 30.3. The van der Waals surface area contributed by atoms with Gasteiger partial charge < -0.3 is 23.7 Å². The molecule has 1 aliphatic heterocycles. The Bertz CT molecular complexity index is 1130. The Morgan fingerprint density at radius 3 is 1.58 bits per heavy atom. The predicted molar refractivity (Wildman–Crippen MR) is 148 cm³/mol. The van der Waals surface area contributed by atoms with Gasteiger partial charge in [0.1, 0.15) is 18.3 Å². The monoisotopic (exact) mass is 512 g/mol. The van der Waals surface area contributed by atoms with Crippen LogP contribution in [0.25, 0.3) is 0 Å². The lowest BCUT2D eigenvalue weighted by molar-refractivity contribution is -0.263. The number of ether oxygens (including phenoxy) is 5. The molecule has 3 aromatic rings. The van der Waals surface area contributed by atoms with Crippen LogP contribution in [0, 0.1) is 12.3 Å². The zero-order valence-electron chi connectivity index (χ0n) is 21.9. The molecule has 4 rings (SSSR count). The van der Waals surface area contributed by atoms with Gasteiger partial charge in [-0.15, -0.1) is 12.3 Å². The van der Waals surface area contributed by atoms with E-state index >= 15 is 0 Å². The van der Waals surface area contributed by atoms with E-state index in [0.29, 0.717) is 32.7 Å². The maximum Gasteiger partial charge on any atom is 0.115 e. The quantitative estimate of drug-likeness (QED) is 0.205. The summed E-state index contributed by atoms with van der Waals surface area (Å²) in [5, 5.41) is 0. The summed E-state index contributed by atoms with van der Waals surface area (Å²) >= 11 is 0. The molecule has 3 aromatic carbocycles. The average molecular weight is 513 g/mol. The first-order valence-electron chi connectivity index (χ1n) is 13.0. The van der Waals surface area contributed by atoms with Gasteiger partial charge in [0, 0.05) is 6.42 Å². The Labute approximate surface area is 226 Å². The van der Waals surface area contributed by atoms with Crippen LogP contribution in [0.3, 0.4) is 0 Å². The van der Waals surface area contributed by atoms with Gasteiger partial charge in [0.05, 0.1) is 45.4 Å². The molecule has 5 heteroatoms. The summed E-state index contributed by atoms with van der Waals surface area (Å²) < 4.78 is 31.4. The summed E-state index contributed by atoms with van der Waals surface area (Å²) in [6.07, 6.45) is 8.52. The molecule has 38 heavy (non-hydrogen) atoms. The molecule has 5 nitrogen and oxygen atoms in total. The number of rotatable bonds is 13. The summed E-state index contributed by atoms with van der Waals surface area (Å²) in [5.41, 5.74) is 3.22. The summed E-state index contributed by atoms with van der Waals surface area (Å²) in [5.74, 6) is 2.78. The Hall–Kier alpha value is -3.40. The second-order valence-corrected chi connectivity index (χ2v) is 9.25. The number of benzene rings is 3. The fraction of sp³-hybridized carbons (Fsp3) is 0.333. The molecular weight excluding hydrogens is 476 g/mol. The average Bonchev–Trinajstić information content (AvgIpc) is 2.97. The van der Waals surface area contributed by atoms with Crippen molar-refractivity contribution >= 4 is 0 Å². The summed E-state index contributed by atoms with van der Waals surface area (Å²) in [6.45, 7) is 1.27. The molecule has 0 unspecified atom stereocenters. The highest BCUT2D eigenvalue weighted by molar-refractivity contribution is 5.16. The molecule has 0 aliphatic carbocycles. The predicted octanol–water partition coefficient (Wildman–Crippen LogP) is 6.08. The SMILES string of the molecule is C#CC[C@@H]1O[C@H](C/C=C/OC)[C@@H](OCc2ccccc2)[C@H](OCc2ccccc2)[C@H]1OCc1ccccc1. The highest BCUT2D eigenvalue weighted by Gasteiger charge is 2.47. The van der Waals surface area contributed by atoms with Gasteiger partial charge in [-0.1, -0.05) is 91.0 Å². The summed E-state index contributed by atoms with van der Waals surface area (Å²) in [4.78, 5) is 0. The van der Waals surface area contributed by atoms with E-state index in [1.807, 2.05) is 84.9 Å². The standard InChI is InChI=1S/C33H36O5/c1-3-14-29-31(35-23-26-15-7-4-8-16-26)33(37-25-28-19-11-6-12-20-28)32(30(38-29)21-13-22-34-2)36-24-27-17-9-5-10-18-27/h1,4-13,15-20,22,29-33H,14,21,23-25H2,2H3/b22-13+/t29-,30+,31-,32+,33+/m0/s1. The third-order valence-electron chi connectivity index (χ3n) is 6.51. The molecule has 0 spiro atoms. The van der Waals surface area contributed by atoms with E-state index < -0.39 is 18.3 Å². The van der Waals surface area contributed by atoms with Gasteiger partial charge in [-0.3, -0.25) is 0 Å². The first-order valence-corrected chi connectivity index (χ1v) is 13.0. The normalized spacial score (nSPS) is 23.2. The van der Waals surface area contributed by atoms with E-state index in [2.05, 4.69) is 18.1 Å². The third-order valence-corrected chi connectivity index (χ3v) is 6.51. The topological polar surface area (TPSA) is 46.2 Å². The minimum Gasteiger partial charge on any atom is -0.505 e. The summed E-state index contributed by atoms with van der Waals surface area (Å²) in [7, 11) is 1.63.